The fraction of sp³-hybridized carbons (Fsp3) is 0.500. The Hall–Kier alpha value is -1.51. The van der Waals surface area contributed by atoms with Crippen molar-refractivity contribution < 1.29 is 0 Å². The SMILES string of the molecule is CCCC(CC)Nc1ccc2nc(C)[nH]c2c1. The number of imidazole rings is 1. The number of fused-ring (bicyclic) bond motifs is 1. The molecule has 17 heavy (non-hydrogen) atoms. The molecule has 0 radical (unpaired) electrons. The highest BCUT2D eigenvalue weighted by molar-refractivity contribution is 5.79. The summed E-state index contributed by atoms with van der Waals surface area (Å²) in [5.74, 6) is 0.970. The third-order valence-electron chi connectivity index (χ3n) is 3.10. The van der Waals surface area contributed by atoms with E-state index >= 15 is 0 Å². The Morgan fingerprint density at radius 1 is 1.35 bits per heavy atom. The molecule has 1 aromatic carbocycles. The van der Waals surface area contributed by atoms with Crippen LogP contribution in [0.15, 0.2) is 18.2 Å². The first-order valence-corrected chi connectivity index (χ1v) is 6.45. The van der Waals surface area contributed by atoms with Crippen LogP contribution in [0.1, 0.15) is 38.9 Å². The lowest BCUT2D eigenvalue weighted by Gasteiger charge is -2.17. The van der Waals surface area contributed by atoms with Gasteiger partial charge in [-0.15, -0.1) is 0 Å². The summed E-state index contributed by atoms with van der Waals surface area (Å²) in [5, 5.41) is 3.58. The summed E-state index contributed by atoms with van der Waals surface area (Å²) in [4.78, 5) is 7.68. The average molecular weight is 231 g/mol. The molecule has 2 N–H and O–H groups in total. The number of nitrogens with zero attached hydrogens (tertiary/aromatic N) is 1. The Balaban J connectivity index is 2.17. The quantitative estimate of drug-likeness (QED) is 0.820. The molecular weight excluding hydrogens is 210 g/mol. The maximum Gasteiger partial charge on any atom is 0.104 e. The van der Waals surface area contributed by atoms with Crippen LogP contribution in [0.5, 0.6) is 0 Å². The Morgan fingerprint density at radius 2 is 2.18 bits per heavy atom. The molecule has 0 bridgehead atoms. The molecule has 1 atom stereocenters. The van der Waals surface area contributed by atoms with E-state index in [1.165, 1.54) is 18.5 Å². The Labute approximate surface area is 103 Å². The van der Waals surface area contributed by atoms with E-state index in [0.717, 1.165) is 23.3 Å². The molecule has 3 nitrogen and oxygen atoms in total. The van der Waals surface area contributed by atoms with Crippen LogP contribution < -0.4 is 5.32 Å². The van der Waals surface area contributed by atoms with Crippen LogP contribution in [0.25, 0.3) is 11.0 Å². The standard InChI is InChI=1S/C14H21N3/c1-4-6-11(5-2)17-12-7-8-13-14(9-12)16-10(3)15-13/h7-9,11,17H,4-6H2,1-3H3,(H,15,16). The van der Waals surface area contributed by atoms with E-state index in [2.05, 4.69) is 47.3 Å². The van der Waals surface area contributed by atoms with E-state index in [0.29, 0.717) is 6.04 Å². The Bertz CT molecular complexity index is 487. The van der Waals surface area contributed by atoms with Crippen LogP contribution >= 0.6 is 0 Å². The predicted octanol–water partition coefficient (Wildman–Crippen LogP) is 3.86. The molecular formula is C14H21N3. The van der Waals surface area contributed by atoms with Crippen LogP contribution in [-0.4, -0.2) is 16.0 Å². The molecule has 0 fully saturated rings. The van der Waals surface area contributed by atoms with Gasteiger partial charge in [-0.3, -0.25) is 0 Å². The molecule has 2 rings (SSSR count). The second-order valence-electron chi connectivity index (χ2n) is 4.59. The molecule has 0 aliphatic carbocycles. The van der Waals surface area contributed by atoms with E-state index in [9.17, 15) is 0 Å². The number of aromatic amines is 1. The summed E-state index contributed by atoms with van der Waals surface area (Å²) in [6.07, 6.45) is 3.60. The zero-order chi connectivity index (χ0) is 12.3. The summed E-state index contributed by atoms with van der Waals surface area (Å²) >= 11 is 0. The van der Waals surface area contributed by atoms with Crippen molar-refractivity contribution in [2.75, 3.05) is 5.32 Å². The van der Waals surface area contributed by atoms with E-state index in [1.807, 2.05) is 6.92 Å². The molecule has 92 valence electrons. The van der Waals surface area contributed by atoms with Crippen molar-refractivity contribution in [3.63, 3.8) is 0 Å². The number of H-pyrrole nitrogens is 1. The number of aromatic nitrogens is 2. The first-order valence-electron chi connectivity index (χ1n) is 6.45. The van der Waals surface area contributed by atoms with Gasteiger partial charge in [-0.1, -0.05) is 20.3 Å². The average Bonchev–Trinajstić information content (AvgIpc) is 2.68. The largest absolute Gasteiger partial charge is 0.382 e. The summed E-state index contributed by atoms with van der Waals surface area (Å²) in [6.45, 7) is 6.44. The molecule has 2 aromatic rings. The number of benzene rings is 1. The number of nitrogens with one attached hydrogen (secondary N) is 2. The monoisotopic (exact) mass is 231 g/mol. The van der Waals surface area contributed by atoms with Crippen molar-refractivity contribution in [1.82, 2.24) is 9.97 Å². The van der Waals surface area contributed by atoms with E-state index < -0.39 is 0 Å². The third-order valence-corrected chi connectivity index (χ3v) is 3.10. The van der Waals surface area contributed by atoms with Gasteiger partial charge in [-0.2, -0.15) is 0 Å². The molecule has 0 spiro atoms. The highest BCUT2D eigenvalue weighted by atomic mass is 14.9. The number of anilines is 1. The van der Waals surface area contributed by atoms with Gasteiger partial charge in [-0.05, 0) is 38.0 Å². The highest BCUT2D eigenvalue weighted by Gasteiger charge is 2.06. The van der Waals surface area contributed by atoms with Gasteiger partial charge in [-0.25, -0.2) is 4.98 Å². The Kier molecular flexibility index (Phi) is 3.67. The summed E-state index contributed by atoms with van der Waals surface area (Å²) in [7, 11) is 0. The molecule has 0 aliphatic rings. The van der Waals surface area contributed by atoms with Crippen molar-refractivity contribution in [3.8, 4) is 0 Å². The second-order valence-corrected chi connectivity index (χ2v) is 4.59. The Morgan fingerprint density at radius 3 is 2.88 bits per heavy atom. The maximum absolute atomic E-state index is 4.41. The van der Waals surface area contributed by atoms with E-state index in [-0.39, 0.29) is 0 Å². The summed E-state index contributed by atoms with van der Waals surface area (Å²) in [6, 6.07) is 6.90. The zero-order valence-corrected chi connectivity index (χ0v) is 10.9. The summed E-state index contributed by atoms with van der Waals surface area (Å²) in [5.41, 5.74) is 3.33. The molecule has 1 heterocycles. The van der Waals surface area contributed by atoms with Gasteiger partial charge in [0, 0.05) is 11.7 Å². The molecule has 1 unspecified atom stereocenters. The normalized spacial score (nSPS) is 12.9. The number of hydrogen-bond acceptors (Lipinski definition) is 2. The number of aryl methyl sites for hydroxylation is 1. The molecule has 1 aromatic heterocycles. The van der Waals surface area contributed by atoms with Crippen LogP contribution in [0.3, 0.4) is 0 Å². The first kappa shape index (κ1) is 12.0. The van der Waals surface area contributed by atoms with Crippen LogP contribution in [-0.2, 0) is 0 Å². The number of hydrogen-bond donors (Lipinski definition) is 2. The molecule has 0 amide bonds. The van der Waals surface area contributed by atoms with Gasteiger partial charge < -0.3 is 10.3 Å². The minimum atomic E-state index is 0.571. The van der Waals surface area contributed by atoms with Crippen molar-refractivity contribution in [3.05, 3.63) is 24.0 Å². The van der Waals surface area contributed by atoms with Gasteiger partial charge in [0.1, 0.15) is 5.82 Å². The van der Waals surface area contributed by atoms with Crippen molar-refractivity contribution in [2.24, 2.45) is 0 Å². The van der Waals surface area contributed by atoms with Crippen molar-refractivity contribution in [2.45, 2.75) is 46.1 Å². The molecule has 0 aliphatic heterocycles. The zero-order valence-electron chi connectivity index (χ0n) is 10.9. The second kappa shape index (κ2) is 5.21. The smallest absolute Gasteiger partial charge is 0.104 e. The van der Waals surface area contributed by atoms with Gasteiger partial charge in [0.2, 0.25) is 0 Å². The minimum absolute atomic E-state index is 0.571. The third kappa shape index (κ3) is 2.78. The lowest BCUT2D eigenvalue weighted by Crippen LogP contribution is -2.17. The molecule has 0 saturated carbocycles. The van der Waals surface area contributed by atoms with E-state index in [1.54, 1.807) is 0 Å². The highest BCUT2D eigenvalue weighted by Crippen LogP contribution is 2.19. The van der Waals surface area contributed by atoms with Crippen molar-refractivity contribution >= 4 is 16.7 Å². The lowest BCUT2D eigenvalue weighted by molar-refractivity contribution is 0.623. The lowest BCUT2D eigenvalue weighted by atomic mass is 10.1. The topological polar surface area (TPSA) is 40.7 Å². The van der Waals surface area contributed by atoms with E-state index in [4.69, 9.17) is 0 Å². The summed E-state index contributed by atoms with van der Waals surface area (Å²) < 4.78 is 0. The van der Waals surface area contributed by atoms with Gasteiger partial charge in [0.25, 0.3) is 0 Å². The van der Waals surface area contributed by atoms with Crippen LogP contribution in [0.4, 0.5) is 5.69 Å². The minimum Gasteiger partial charge on any atom is -0.382 e. The predicted molar refractivity (Wildman–Crippen MR) is 73.4 cm³/mol. The van der Waals surface area contributed by atoms with Gasteiger partial charge in [0.05, 0.1) is 11.0 Å². The van der Waals surface area contributed by atoms with Gasteiger partial charge in [0.15, 0.2) is 0 Å². The maximum atomic E-state index is 4.41. The molecule has 0 saturated heterocycles. The first-order chi connectivity index (χ1) is 8.22. The van der Waals surface area contributed by atoms with Crippen LogP contribution in [0.2, 0.25) is 0 Å². The number of rotatable bonds is 5. The van der Waals surface area contributed by atoms with Crippen LogP contribution in [0, 0.1) is 6.92 Å². The fourth-order valence-electron chi connectivity index (χ4n) is 2.19. The van der Waals surface area contributed by atoms with Crippen molar-refractivity contribution in [1.29, 1.82) is 0 Å². The fourth-order valence-corrected chi connectivity index (χ4v) is 2.19. The molecule has 3 heteroatoms. The van der Waals surface area contributed by atoms with Gasteiger partial charge >= 0.3 is 0 Å².